The van der Waals surface area contributed by atoms with Crippen LogP contribution < -0.4 is 5.32 Å². The minimum absolute atomic E-state index is 0.0541. The van der Waals surface area contributed by atoms with E-state index in [9.17, 15) is 13.2 Å². The maximum atomic E-state index is 13.1. The van der Waals surface area contributed by atoms with Crippen molar-refractivity contribution in [2.75, 3.05) is 51.1 Å². The van der Waals surface area contributed by atoms with Crippen molar-refractivity contribution in [3.63, 3.8) is 0 Å². The highest BCUT2D eigenvalue weighted by Crippen LogP contribution is 2.34. The molecule has 1 atom stereocenters. The molecule has 21 heavy (non-hydrogen) atoms. The number of nitrogens with zero attached hydrogens (tertiary/aromatic N) is 1. The summed E-state index contributed by atoms with van der Waals surface area (Å²) in [6.07, 6.45) is 2.61. The number of methoxy groups -OCH3 is 1. The van der Waals surface area contributed by atoms with E-state index >= 15 is 0 Å². The number of carbonyl (C=O) groups excluding carboxylic acids is 1. The van der Waals surface area contributed by atoms with Gasteiger partial charge in [0.15, 0.2) is 9.84 Å². The lowest BCUT2D eigenvalue weighted by molar-refractivity contribution is -0.148. The van der Waals surface area contributed by atoms with Crippen LogP contribution in [0.4, 0.5) is 0 Å². The maximum Gasteiger partial charge on any atom is 0.232 e. The molecule has 0 aromatic carbocycles. The first-order valence-corrected chi connectivity index (χ1v) is 10.3. The predicted molar refractivity (Wildman–Crippen MR) is 84.1 cm³/mol. The average molecular weight is 336 g/mol. The van der Waals surface area contributed by atoms with Crippen molar-refractivity contribution in [3.05, 3.63) is 0 Å². The topological polar surface area (TPSA) is 75.7 Å². The van der Waals surface area contributed by atoms with Crippen LogP contribution in [0.5, 0.6) is 0 Å². The summed E-state index contributed by atoms with van der Waals surface area (Å²) >= 11 is 1.59. The van der Waals surface area contributed by atoms with Crippen molar-refractivity contribution < 1.29 is 17.9 Å². The van der Waals surface area contributed by atoms with Gasteiger partial charge in [-0.3, -0.25) is 4.79 Å². The summed E-state index contributed by atoms with van der Waals surface area (Å²) in [4.78, 5) is 14.6. The summed E-state index contributed by atoms with van der Waals surface area (Å²) in [5.41, 5.74) is -0.578. The van der Waals surface area contributed by atoms with E-state index in [0.717, 1.165) is 18.8 Å². The zero-order chi connectivity index (χ0) is 15.5. The number of sulfone groups is 1. The Morgan fingerprint density at radius 1 is 1.43 bits per heavy atom. The van der Waals surface area contributed by atoms with E-state index in [0.29, 0.717) is 31.7 Å². The molecule has 2 fully saturated rings. The molecule has 2 aliphatic heterocycles. The maximum absolute atomic E-state index is 13.1. The first kappa shape index (κ1) is 17.1. The molecule has 2 heterocycles. The van der Waals surface area contributed by atoms with Crippen LogP contribution in [0.2, 0.25) is 0 Å². The number of thioether (sulfide) groups is 1. The number of nitrogens with one attached hydrogen (secondary N) is 1. The number of piperidine rings is 1. The van der Waals surface area contributed by atoms with Crippen LogP contribution in [0.1, 0.15) is 12.8 Å². The molecule has 6 nitrogen and oxygen atoms in total. The quantitative estimate of drug-likeness (QED) is 0.776. The van der Waals surface area contributed by atoms with Gasteiger partial charge in [-0.25, -0.2) is 8.42 Å². The molecule has 0 aromatic heterocycles. The van der Waals surface area contributed by atoms with Crippen molar-refractivity contribution in [1.29, 1.82) is 0 Å². The fourth-order valence-corrected chi connectivity index (χ4v) is 5.89. The van der Waals surface area contributed by atoms with E-state index in [2.05, 4.69) is 5.32 Å². The van der Waals surface area contributed by atoms with Crippen LogP contribution in [0.15, 0.2) is 0 Å². The van der Waals surface area contributed by atoms with Crippen molar-refractivity contribution in [1.82, 2.24) is 10.2 Å². The van der Waals surface area contributed by atoms with Gasteiger partial charge in [0.2, 0.25) is 5.91 Å². The molecule has 122 valence electrons. The molecule has 1 unspecified atom stereocenters. The Balaban J connectivity index is 2.25. The molecule has 0 aromatic rings. The number of hydrogen-bond acceptors (Lipinski definition) is 6. The standard InChI is InChI=1S/C13H24N2O4S2/c1-19-10-13(3-5-14-6-4-13)12(16)15-7-8-20-9-11(15)21(2,17)18/h11,14H,3-10H2,1-2H3. The molecular formula is C13H24N2O4S2. The van der Waals surface area contributed by atoms with E-state index in [-0.39, 0.29) is 5.91 Å². The Morgan fingerprint density at radius 2 is 2.10 bits per heavy atom. The van der Waals surface area contributed by atoms with Gasteiger partial charge < -0.3 is 15.0 Å². The fraction of sp³-hybridized carbons (Fsp3) is 0.923. The molecule has 1 N–H and O–H groups in total. The number of amides is 1. The van der Waals surface area contributed by atoms with Gasteiger partial charge >= 0.3 is 0 Å². The van der Waals surface area contributed by atoms with Crippen molar-refractivity contribution in [2.24, 2.45) is 5.41 Å². The van der Waals surface area contributed by atoms with Gasteiger partial charge in [0, 0.05) is 31.4 Å². The lowest BCUT2D eigenvalue weighted by Gasteiger charge is -2.43. The minimum Gasteiger partial charge on any atom is -0.384 e. The summed E-state index contributed by atoms with van der Waals surface area (Å²) in [7, 11) is -1.68. The van der Waals surface area contributed by atoms with E-state index in [4.69, 9.17) is 4.74 Å². The smallest absolute Gasteiger partial charge is 0.232 e. The van der Waals surface area contributed by atoms with Gasteiger partial charge in [0.1, 0.15) is 5.37 Å². The molecule has 2 rings (SSSR count). The SMILES string of the molecule is COCC1(C(=O)N2CCSCC2S(C)(=O)=O)CCNCC1. The molecule has 0 saturated carbocycles. The molecule has 0 aliphatic carbocycles. The molecule has 0 bridgehead atoms. The van der Waals surface area contributed by atoms with E-state index in [1.165, 1.54) is 6.26 Å². The number of hydrogen-bond donors (Lipinski definition) is 1. The second-order valence-electron chi connectivity index (χ2n) is 5.82. The summed E-state index contributed by atoms with van der Waals surface area (Å²) in [5, 5.41) is 2.55. The van der Waals surface area contributed by atoms with Crippen molar-refractivity contribution >= 4 is 27.5 Å². The van der Waals surface area contributed by atoms with Gasteiger partial charge in [-0.1, -0.05) is 0 Å². The second kappa shape index (κ2) is 6.85. The molecule has 2 saturated heterocycles. The van der Waals surface area contributed by atoms with Crippen LogP contribution in [0, 0.1) is 5.41 Å². The molecule has 0 radical (unpaired) electrons. The Hall–Kier alpha value is -0.310. The molecule has 0 spiro atoms. The third-order valence-corrected chi connectivity index (χ3v) is 6.92. The van der Waals surface area contributed by atoms with Crippen LogP contribution in [0.3, 0.4) is 0 Å². The van der Waals surface area contributed by atoms with Gasteiger partial charge in [0.05, 0.1) is 12.0 Å². The lowest BCUT2D eigenvalue weighted by Crippen LogP contribution is -2.58. The highest BCUT2D eigenvalue weighted by Gasteiger charge is 2.46. The summed E-state index contributed by atoms with van der Waals surface area (Å²) in [6, 6.07) is 0. The molecule has 8 heteroatoms. The predicted octanol–water partition coefficient (Wildman–Crippen LogP) is -0.0513. The summed E-state index contributed by atoms with van der Waals surface area (Å²) in [5.74, 6) is 1.20. The van der Waals surface area contributed by atoms with Gasteiger partial charge in [-0.15, -0.1) is 0 Å². The van der Waals surface area contributed by atoms with Crippen LogP contribution in [-0.4, -0.2) is 75.7 Å². The van der Waals surface area contributed by atoms with Crippen molar-refractivity contribution in [3.8, 4) is 0 Å². The summed E-state index contributed by atoms with van der Waals surface area (Å²) in [6.45, 7) is 2.39. The monoisotopic (exact) mass is 336 g/mol. The Kier molecular flexibility index (Phi) is 5.56. The average Bonchev–Trinajstić information content (AvgIpc) is 2.47. The lowest BCUT2D eigenvalue weighted by atomic mass is 9.78. The van der Waals surface area contributed by atoms with Crippen molar-refractivity contribution in [2.45, 2.75) is 18.2 Å². The number of ether oxygens (including phenoxy) is 1. The summed E-state index contributed by atoms with van der Waals surface area (Å²) < 4.78 is 29.3. The Morgan fingerprint density at radius 3 is 2.67 bits per heavy atom. The zero-order valence-corrected chi connectivity index (χ0v) is 14.3. The molecule has 2 aliphatic rings. The third kappa shape index (κ3) is 3.72. The Labute approximate surface area is 130 Å². The van der Waals surface area contributed by atoms with Crippen LogP contribution >= 0.6 is 11.8 Å². The van der Waals surface area contributed by atoms with E-state index < -0.39 is 20.6 Å². The minimum atomic E-state index is -3.27. The zero-order valence-electron chi connectivity index (χ0n) is 12.6. The fourth-order valence-electron chi connectivity index (χ4n) is 3.07. The van der Waals surface area contributed by atoms with Gasteiger partial charge in [-0.05, 0) is 25.9 Å². The normalized spacial score (nSPS) is 26.6. The second-order valence-corrected chi connectivity index (χ2v) is 9.17. The highest BCUT2D eigenvalue weighted by atomic mass is 32.2. The number of rotatable bonds is 4. The van der Waals surface area contributed by atoms with E-state index in [1.807, 2.05) is 0 Å². The van der Waals surface area contributed by atoms with Gasteiger partial charge in [-0.2, -0.15) is 11.8 Å². The van der Waals surface area contributed by atoms with Crippen LogP contribution in [-0.2, 0) is 19.4 Å². The molecular weight excluding hydrogens is 312 g/mol. The first-order chi connectivity index (χ1) is 9.91. The largest absolute Gasteiger partial charge is 0.384 e. The third-order valence-electron chi connectivity index (χ3n) is 4.27. The highest BCUT2D eigenvalue weighted by molar-refractivity contribution is 8.00. The molecule has 1 amide bonds. The van der Waals surface area contributed by atoms with E-state index in [1.54, 1.807) is 23.8 Å². The first-order valence-electron chi connectivity index (χ1n) is 7.18. The van der Waals surface area contributed by atoms with Crippen LogP contribution in [0.25, 0.3) is 0 Å². The number of carbonyl (C=O) groups is 1. The van der Waals surface area contributed by atoms with Gasteiger partial charge in [0.25, 0.3) is 0 Å². The Bertz CT molecular complexity index is 469.